The molecule has 2 aliphatic heterocycles. The quantitative estimate of drug-likeness (QED) is 0.802. The van der Waals surface area contributed by atoms with Gasteiger partial charge in [-0.15, -0.1) is 0 Å². The number of hydrogen-bond acceptors (Lipinski definition) is 3. The van der Waals surface area contributed by atoms with Crippen LogP contribution in [-0.4, -0.2) is 36.0 Å². The Morgan fingerprint density at radius 2 is 2.22 bits per heavy atom. The fourth-order valence-electron chi connectivity index (χ4n) is 2.73. The Balaban J connectivity index is 1.68. The van der Waals surface area contributed by atoms with Crippen LogP contribution in [0.25, 0.3) is 0 Å². The van der Waals surface area contributed by atoms with E-state index in [0.717, 1.165) is 30.7 Å². The highest BCUT2D eigenvalue weighted by Gasteiger charge is 2.33. The number of benzene rings is 1. The first-order chi connectivity index (χ1) is 8.74. The smallest absolute Gasteiger partial charge is 0.264 e. The minimum absolute atomic E-state index is 0.0846. The topological polar surface area (TPSA) is 55.6 Å². The molecule has 4 nitrogen and oxygen atoms in total. The van der Waals surface area contributed by atoms with Gasteiger partial charge in [0.2, 0.25) is 0 Å². The Labute approximate surface area is 107 Å². The van der Waals surface area contributed by atoms with Crippen LogP contribution in [0.5, 0.6) is 5.75 Å². The Bertz CT molecular complexity index is 436. The minimum atomic E-state index is -0.354. The highest BCUT2D eigenvalue weighted by atomic mass is 16.5. The Hall–Kier alpha value is -1.55. The maximum absolute atomic E-state index is 12.4. The number of rotatable bonds is 1. The number of para-hydroxylation sites is 1. The maximum atomic E-state index is 12.4. The zero-order valence-corrected chi connectivity index (χ0v) is 10.3. The predicted octanol–water partition coefficient (Wildman–Crippen LogP) is 0.940. The highest BCUT2D eigenvalue weighted by Crippen LogP contribution is 2.29. The normalized spacial score (nSPS) is 26.6. The number of nitrogens with zero attached hydrogens (tertiary/aromatic N) is 1. The summed E-state index contributed by atoms with van der Waals surface area (Å²) in [4.78, 5) is 14.2. The summed E-state index contributed by atoms with van der Waals surface area (Å²) in [5, 5.41) is 0. The van der Waals surface area contributed by atoms with Crippen molar-refractivity contribution in [2.24, 2.45) is 5.73 Å². The molecular weight excluding hydrogens is 228 g/mol. The molecule has 96 valence electrons. The molecule has 0 bridgehead atoms. The number of carbonyl (C=O) groups excluding carboxylic acids is 1. The van der Waals surface area contributed by atoms with E-state index >= 15 is 0 Å². The van der Waals surface area contributed by atoms with Crippen LogP contribution in [-0.2, 0) is 11.2 Å². The van der Waals surface area contributed by atoms with Gasteiger partial charge < -0.3 is 15.4 Å². The van der Waals surface area contributed by atoms with E-state index in [4.69, 9.17) is 10.5 Å². The molecule has 0 saturated carbocycles. The Kier molecular flexibility index (Phi) is 2.96. The van der Waals surface area contributed by atoms with Crippen molar-refractivity contribution < 1.29 is 9.53 Å². The number of nitrogens with two attached hydrogens (primary N) is 1. The van der Waals surface area contributed by atoms with Crippen molar-refractivity contribution in [2.75, 3.05) is 13.1 Å². The van der Waals surface area contributed by atoms with Crippen LogP contribution >= 0.6 is 0 Å². The van der Waals surface area contributed by atoms with Gasteiger partial charge in [-0.05, 0) is 24.5 Å². The van der Waals surface area contributed by atoms with E-state index in [0.29, 0.717) is 13.0 Å². The van der Waals surface area contributed by atoms with Gasteiger partial charge in [-0.1, -0.05) is 18.2 Å². The molecule has 1 fully saturated rings. The Morgan fingerprint density at radius 1 is 1.39 bits per heavy atom. The summed E-state index contributed by atoms with van der Waals surface area (Å²) >= 11 is 0. The molecule has 1 aromatic rings. The second-order valence-electron chi connectivity index (χ2n) is 5.10. The number of piperidine rings is 1. The van der Waals surface area contributed by atoms with E-state index in [2.05, 4.69) is 0 Å². The second kappa shape index (κ2) is 4.61. The molecule has 2 heterocycles. The minimum Gasteiger partial charge on any atom is -0.480 e. The molecule has 2 aliphatic rings. The molecular formula is C14H18N2O2. The van der Waals surface area contributed by atoms with Gasteiger partial charge in [-0.25, -0.2) is 0 Å². The number of ether oxygens (including phenoxy) is 1. The standard InChI is InChI=1S/C14H18N2O2/c15-11-5-3-7-16(9-11)14(17)13-8-10-4-1-2-6-12(10)18-13/h1-2,4,6,11,13H,3,5,7-9,15H2/t11-,13?/m1/s1. The van der Waals surface area contributed by atoms with E-state index in [1.54, 1.807) is 0 Å². The summed E-state index contributed by atoms with van der Waals surface area (Å²) in [6, 6.07) is 7.97. The van der Waals surface area contributed by atoms with Crippen molar-refractivity contribution >= 4 is 5.91 Å². The van der Waals surface area contributed by atoms with Gasteiger partial charge in [0.05, 0.1) is 0 Å². The van der Waals surface area contributed by atoms with Crippen LogP contribution in [0.3, 0.4) is 0 Å². The van der Waals surface area contributed by atoms with Gasteiger partial charge >= 0.3 is 0 Å². The zero-order valence-electron chi connectivity index (χ0n) is 10.3. The lowest BCUT2D eigenvalue weighted by Gasteiger charge is -2.32. The lowest BCUT2D eigenvalue weighted by atomic mass is 10.0. The lowest BCUT2D eigenvalue weighted by Crippen LogP contribution is -2.50. The molecule has 2 atom stereocenters. The molecule has 2 N–H and O–H groups in total. The average Bonchev–Trinajstić information content (AvgIpc) is 2.81. The number of carbonyl (C=O) groups is 1. The van der Waals surface area contributed by atoms with Gasteiger partial charge in [-0.2, -0.15) is 0 Å². The third-order valence-electron chi connectivity index (χ3n) is 3.69. The monoisotopic (exact) mass is 246 g/mol. The van der Waals surface area contributed by atoms with Crippen LogP contribution in [0, 0.1) is 0 Å². The summed E-state index contributed by atoms with van der Waals surface area (Å²) in [6.45, 7) is 1.47. The summed E-state index contributed by atoms with van der Waals surface area (Å²) in [6.07, 6.45) is 2.33. The number of fused-ring (bicyclic) bond motifs is 1. The second-order valence-corrected chi connectivity index (χ2v) is 5.10. The van der Waals surface area contributed by atoms with Crippen molar-refractivity contribution in [3.05, 3.63) is 29.8 Å². The van der Waals surface area contributed by atoms with Gasteiger partial charge in [0.25, 0.3) is 5.91 Å². The fraction of sp³-hybridized carbons (Fsp3) is 0.500. The van der Waals surface area contributed by atoms with Crippen molar-refractivity contribution in [3.8, 4) is 5.75 Å². The van der Waals surface area contributed by atoms with Gasteiger partial charge in [-0.3, -0.25) is 4.79 Å². The molecule has 0 aliphatic carbocycles. The van der Waals surface area contributed by atoms with Crippen molar-refractivity contribution in [2.45, 2.75) is 31.4 Å². The molecule has 18 heavy (non-hydrogen) atoms. The van der Waals surface area contributed by atoms with Crippen molar-refractivity contribution in [3.63, 3.8) is 0 Å². The molecule has 4 heteroatoms. The lowest BCUT2D eigenvalue weighted by molar-refractivity contribution is -0.139. The average molecular weight is 246 g/mol. The number of hydrogen-bond donors (Lipinski definition) is 1. The zero-order chi connectivity index (χ0) is 12.5. The van der Waals surface area contributed by atoms with E-state index < -0.39 is 0 Å². The molecule has 1 amide bonds. The van der Waals surface area contributed by atoms with Crippen molar-refractivity contribution in [1.82, 2.24) is 4.90 Å². The fourth-order valence-corrected chi connectivity index (χ4v) is 2.73. The first-order valence-electron chi connectivity index (χ1n) is 6.53. The molecule has 1 unspecified atom stereocenters. The number of likely N-dealkylation sites (tertiary alicyclic amines) is 1. The molecule has 3 rings (SSSR count). The summed E-state index contributed by atoms with van der Waals surface area (Å²) in [5.74, 6) is 0.929. The van der Waals surface area contributed by atoms with Crippen LogP contribution < -0.4 is 10.5 Å². The van der Waals surface area contributed by atoms with Crippen LogP contribution in [0.15, 0.2) is 24.3 Å². The SMILES string of the molecule is N[C@@H]1CCCN(C(=O)C2Cc3ccccc3O2)C1. The van der Waals surface area contributed by atoms with E-state index in [1.807, 2.05) is 29.2 Å². The third kappa shape index (κ3) is 2.08. The van der Waals surface area contributed by atoms with Crippen LogP contribution in [0.1, 0.15) is 18.4 Å². The third-order valence-corrected chi connectivity index (χ3v) is 3.69. The molecule has 0 aromatic heterocycles. The van der Waals surface area contributed by atoms with E-state index in [1.165, 1.54) is 0 Å². The summed E-state index contributed by atoms with van der Waals surface area (Å²) < 4.78 is 5.73. The van der Waals surface area contributed by atoms with Crippen LogP contribution in [0.2, 0.25) is 0 Å². The summed E-state index contributed by atoms with van der Waals surface area (Å²) in [7, 11) is 0. The van der Waals surface area contributed by atoms with E-state index in [-0.39, 0.29) is 18.1 Å². The molecule has 1 aromatic carbocycles. The first-order valence-corrected chi connectivity index (χ1v) is 6.53. The van der Waals surface area contributed by atoms with Gasteiger partial charge in [0.15, 0.2) is 6.10 Å². The summed E-state index contributed by atoms with van der Waals surface area (Å²) in [5.41, 5.74) is 7.03. The maximum Gasteiger partial charge on any atom is 0.264 e. The molecule has 0 radical (unpaired) electrons. The molecule has 0 spiro atoms. The largest absolute Gasteiger partial charge is 0.480 e. The van der Waals surface area contributed by atoms with E-state index in [9.17, 15) is 4.79 Å². The van der Waals surface area contributed by atoms with Crippen molar-refractivity contribution in [1.29, 1.82) is 0 Å². The molecule has 1 saturated heterocycles. The van der Waals surface area contributed by atoms with Crippen LogP contribution in [0.4, 0.5) is 0 Å². The first kappa shape index (κ1) is 11.5. The predicted molar refractivity (Wildman–Crippen MR) is 68.4 cm³/mol. The number of amides is 1. The van der Waals surface area contributed by atoms with Gasteiger partial charge in [0.1, 0.15) is 5.75 Å². The Morgan fingerprint density at radius 3 is 3.00 bits per heavy atom. The highest BCUT2D eigenvalue weighted by molar-refractivity contribution is 5.82. The van der Waals surface area contributed by atoms with Gasteiger partial charge in [0, 0.05) is 25.6 Å².